The number of furan rings is 1. The monoisotopic (exact) mass is 1030 g/mol. The third-order valence-corrected chi connectivity index (χ3v) is 17.8. The molecule has 388 valence electrons. The molecule has 0 radical (unpaired) electrons. The molecule has 0 bridgehead atoms. The Hall–Kier alpha value is -9.18. The van der Waals surface area contributed by atoms with E-state index in [4.69, 9.17) is 4.42 Å². The smallest absolute Gasteiger partial charge is 0.145 e. The maximum absolute atomic E-state index is 7.46. The van der Waals surface area contributed by atoms with Gasteiger partial charge in [0.2, 0.25) is 0 Å². The van der Waals surface area contributed by atoms with E-state index in [2.05, 4.69) is 296 Å². The minimum absolute atomic E-state index is 0.387. The molecule has 1 heterocycles. The molecule has 1 aromatic heterocycles. The molecule has 3 heteroatoms. The van der Waals surface area contributed by atoms with Crippen LogP contribution in [0, 0.1) is 13.8 Å². The van der Waals surface area contributed by atoms with E-state index < -0.39 is 5.41 Å². The molecule has 0 saturated carbocycles. The van der Waals surface area contributed by atoms with Gasteiger partial charge < -0.3 is 14.2 Å². The van der Waals surface area contributed by atoms with E-state index in [1.54, 1.807) is 0 Å². The normalized spacial score (nSPS) is 14.5. The number of benzene rings is 11. The Kier molecular flexibility index (Phi) is 11.7. The Bertz CT molecular complexity index is 4450. The third kappa shape index (κ3) is 7.55. The topological polar surface area (TPSA) is 19.6 Å². The minimum atomic E-state index is -0.697. The summed E-state index contributed by atoms with van der Waals surface area (Å²) in [5.41, 5.74) is 27.6. The van der Waals surface area contributed by atoms with Crippen molar-refractivity contribution in [3.8, 4) is 33.4 Å². The third-order valence-electron chi connectivity index (χ3n) is 17.8. The maximum Gasteiger partial charge on any atom is 0.145 e. The number of anilines is 6. The summed E-state index contributed by atoms with van der Waals surface area (Å²) >= 11 is 0. The second-order valence-corrected chi connectivity index (χ2v) is 23.0. The van der Waals surface area contributed by atoms with Crippen LogP contribution in [-0.2, 0) is 5.41 Å². The first-order valence-corrected chi connectivity index (χ1v) is 28.5. The largest absolute Gasteiger partial charge is 0.455 e. The average molecular weight is 1030 g/mol. The molecule has 12 aromatic rings. The van der Waals surface area contributed by atoms with Crippen molar-refractivity contribution in [2.75, 3.05) is 9.80 Å². The minimum Gasteiger partial charge on any atom is -0.455 e. The van der Waals surface area contributed by atoms with Gasteiger partial charge in [-0.3, -0.25) is 0 Å². The van der Waals surface area contributed by atoms with E-state index in [0.717, 1.165) is 61.6 Å². The number of nitrogens with zero attached hydrogens (tertiary/aromatic N) is 2. The fourth-order valence-corrected chi connectivity index (χ4v) is 13.6. The summed E-state index contributed by atoms with van der Waals surface area (Å²) in [6.07, 6.45) is 0. The van der Waals surface area contributed by atoms with Crippen LogP contribution in [-0.4, -0.2) is 0 Å². The Morgan fingerprint density at radius 2 is 0.900 bits per heavy atom. The summed E-state index contributed by atoms with van der Waals surface area (Å²) in [4.78, 5) is 4.98. The zero-order valence-electron chi connectivity index (χ0n) is 46.9. The Labute approximate surface area is 470 Å². The van der Waals surface area contributed by atoms with Crippen molar-refractivity contribution in [2.24, 2.45) is 0 Å². The van der Waals surface area contributed by atoms with Gasteiger partial charge in [-0.25, -0.2) is 0 Å². The quantitative estimate of drug-likeness (QED) is 0.136. The molecule has 0 saturated heterocycles. The van der Waals surface area contributed by atoms with Crippen molar-refractivity contribution in [3.05, 3.63) is 281 Å². The Morgan fingerprint density at radius 1 is 0.388 bits per heavy atom. The fraction of sp³-hybridized carbons (Fsp3) is 0.143. The molecular weight excluding hydrogens is 969 g/mol. The molecule has 11 aromatic carbocycles. The van der Waals surface area contributed by atoms with E-state index in [0.29, 0.717) is 11.8 Å². The van der Waals surface area contributed by atoms with Crippen molar-refractivity contribution in [1.82, 2.24) is 0 Å². The van der Waals surface area contributed by atoms with Gasteiger partial charge in [0.25, 0.3) is 0 Å². The highest BCUT2D eigenvalue weighted by molar-refractivity contribution is 6.20. The second-order valence-electron chi connectivity index (χ2n) is 23.0. The van der Waals surface area contributed by atoms with Gasteiger partial charge >= 0.3 is 0 Å². The summed E-state index contributed by atoms with van der Waals surface area (Å²) < 4.78 is 7.46. The van der Waals surface area contributed by atoms with Crippen molar-refractivity contribution in [1.29, 1.82) is 0 Å². The van der Waals surface area contributed by atoms with Crippen LogP contribution in [0.1, 0.15) is 97.9 Å². The zero-order valence-corrected chi connectivity index (χ0v) is 46.9. The first-order valence-electron chi connectivity index (χ1n) is 28.5. The number of rotatable bonds is 10. The number of fused-ring (bicyclic) bond motifs is 13. The molecule has 0 N–H and O–H groups in total. The van der Waals surface area contributed by atoms with Crippen LogP contribution in [0.3, 0.4) is 0 Å². The number of hydrogen-bond acceptors (Lipinski definition) is 3. The lowest BCUT2D eigenvalue weighted by Crippen LogP contribution is -2.27. The molecule has 3 nitrogen and oxygen atoms in total. The van der Waals surface area contributed by atoms with Gasteiger partial charge in [-0.05, 0) is 201 Å². The molecule has 14 rings (SSSR count). The van der Waals surface area contributed by atoms with E-state index in [9.17, 15) is 0 Å². The van der Waals surface area contributed by atoms with E-state index in [-0.39, 0.29) is 0 Å². The summed E-state index contributed by atoms with van der Waals surface area (Å²) in [5, 5.41) is 4.70. The molecule has 2 aliphatic rings. The number of hydrogen-bond donors (Lipinski definition) is 0. The summed E-state index contributed by atoms with van der Waals surface area (Å²) in [6, 6.07) is 86.3. The average Bonchev–Trinajstić information content (AvgIpc) is 3.70. The van der Waals surface area contributed by atoms with Crippen LogP contribution in [0.25, 0.3) is 71.7 Å². The van der Waals surface area contributed by atoms with Crippen LogP contribution < -0.4 is 9.80 Å². The van der Waals surface area contributed by atoms with E-state index in [1.807, 2.05) is 0 Å². The highest BCUT2D eigenvalue weighted by Crippen LogP contribution is 2.66. The SMILES string of the molecule is CC1=C(C)C2(c3cc(N(c4ccc(C(C)C)cc4)c4ccc(C)c(-c5ccccc5)c4)ccc3-c3c2cc(N(c2ccc(C(C)C)cc2)c2ccc(C)c(-c4ccccc4)c2)c2c3oc3ccccc32)c2ccc3ccccc3c21. The standard InChI is InChI=1S/C77H64N2O/c1-47(2)53-29-36-58(37-30-53)78(60-34-27-49(5)66(43-60)55-19-11-9-12-20-55)62-40-41-64-69(45-62)77(52(8)51(7)73-63-24-16-15-23-57(63)33-42-68(73)77)70-46-71(75-65-25-17-18-26-72(65)80-76(75)74(64)70)79(59-38-31-54(32-39-59)48(3)4)61-35-28-50(6)67(44-61)56-21-13-10-14-22-56/h9-48H,1-8H3. The molecule has 0 fully saturated rings. The van der Waals surface area contributed by atoms with Gasteiger partial charge in [-0.2, -0.15) is 0 Å². The molecule has 1 atom stereocenters. The van der Waals surface area contributed by atoms with Crippen LogP contribution in [0.5, 0.6) is 0 Å². The lowest BCUT2D eigenvalue weighted by atomic mass is 9.69. The van der Waals surface area contributed by atoms with Gasteiger partial charge in [0, 0.05) is 39.4 Å². The molecule has 0 amide bonds. The van der Waals surface area contributed by atoms with Crippen molar-refractivity contribution >= 4 is 72.4 Å². The molecule has 0 aliphatic heterocycles. The first-order chi connectivity index (χ1) is 39.0. The van der Waals surface area contributed by atoms with Crippen molar-refractivity contribution in [2.45, 2.75) is 72.6 Å². The Balaban J connectivity index is 1.09. The first kappa shape index (κ1) is 49.1. The molecule has 80 heavy (non-hydrogen) atoms. The summed E-state index contributed by atoms with van der Waals surface area (Å²) in [7, 11) is 0. The van der Waals surface area contributed by atoms with Crippen molar-refractivity contribution < 1.29 is 4.42 Å². The lowest BCUT2D eigenvalue weighted by Gasteiger charge is -2.34. The highest BCUT2D eigenvalue weighted by atomic mass is 16.3. The number of para-hydroxylation sites is 1. The fourth-order valence-electron chi connectivity index (χ4n) is 13.6. The summed E-state index contributed by atoms with van der Waals surface area (Å²) in [6.45, 7) is 18.3. The van der Waals surface area contributed by atoms with Crippen LogP contribution in [0.2, 0.25) is 0 Å². The van der Waals surface area contributed by atoms with Crippen LogP contribution in [0.15, 0.2) is 241 Å². The summed E-state index contributed by atoms with van der Waals surface area (Å²) in [5.74, 6) is 0.793. The van der Waals surface area contributed by atoms with Gasteiger partial charge in [0.05, 0.1) is 16.5 Å². The second kappa shape index (κ2) is 19.0. The van der Waals surface area contributed by atoms with Gasteiger partial charge in [0.15, 0.2) is 0 Å². The zero-order chi connectivity index (χ0) is 54.6. The van der Waals surface area contributed by atoms with Crippen LogP contribution >= 0.6 is 0 Å². The predicted molar refractivity (Wildman–Crippen MR) is 339 cm³/mol. The van der Waals surface area contributed by atoms with Gasteiger partial charge in [0.1, 0.15) is 11.2 Å². The number of aryl methyl sites for hydroxylation is 2. The van der Waals surface area contributed by atoms with Gasteiger partial charge in [-0.1, -0.05) is 191 Å². The lowest BCUT2D eigenvalue weighted by molar-refractivity contribution is 0.669. The van der Waals surface area contributed by atoms with Gasteiger partial charge in [-0.15, -0.1) is 0 Å². The molecule has 2 aliphatic carbocycles. The molecular formula is C77H64N2O. The highest BCUT2D eigenvalue weighted by Gasteiger charge is 2.53. The van der Waals surface area contributed by atoms with Crippen molar-refractivity contribution in [3.63, 3.8) is 0 Å². The maximum atomic E-state index is 7.46. The molecule has 1 unspecified atom stereocenters. The molecule has 1 spiro atoms. The van der Waals surface area contributed by atoms with Crippen LogP contribution in [0.4, 0.5) is 34.1 Å². The number of allylic oxidation sites excluding steroid dienone is 2. The Morgan fingerprint density at radius 3 is 1.51 bits per heavy atom. The van der Waals surface area contributed by atoms with E-state index in [1.165, 1.54) is 94.2 Å². The predicted octanol–water partition coefficient (Wildman–Crippen LogP) is 22.0. The van der Waals surface area contributed by atoms with E-state index >= 15 is 0 Å².